The van der Waals surface area contributed by atoms with Crippen LogP contribution in [0.5, 0.6) is 0 Å². The van der Waals surface area contributed by atoms with E-state index in [1.165, 1.54) is 44.7 Å². The number of oxazole rings is 1. The molecular formula is C41H54N6O6S. The summed E-state index contributed by atoms with van der Waals surface area (Å²) in [5, 5.41) is 23.7. The lowest BCUT2D eigenvalue weighted by Crippen LogP contribution is -2.55. The van der Waals surface area contributed by atoms with Crippen molar-refractivity contribution < 1.29 is 28.6 Å². The maximum atomic E-state index is 14.0. The molecule has 0 saturated heterocycles. The number of aliphatic hydroxyl groups is 1. The average molecular weight is 759 g/mol. The average Bonchev–Trinajstić information content (AvgIpc) is 3.86. The standard InChI is InChI=1S/C41H54N6O6S/c1-28(2)38(46-40(50)47(3)24-33-26-54-37(43-33)21-31-17-11-6-12-18-31)39(49)44-32(19-29-13-7-4-8-14-29)22-36(48)35(20-30-15-9-5-10-16-30)45-41(51)52-25-34-23-42-27-53-34/h4-5,7-10,13-16,23,26-28,31-32,35-36,38,48H,6,11-12,17-22,24-25H2,1-3H3,(H,44,49)(H,45,51)(H,46,50)/t32-,35-,36-,38-/m0/s1. The maximum Gasteiger partial charge on any atom is 0.407 e. The van der Waals surface area contributed by atoms with E-state index in [1.54, 1.807) is 23.3 Å². The van der Waals surface area contributed by atoms with Gasteiger partial charge in [-0.05, 0) is 42.2 Å². The summed E-state index contributed by atoms with van der Waals surface area (Å²) in [4.78, 5) is 50.5. The number of hydrogen-bond acceptors (Lipinski definition) is 9. The molecule has 0 aliphatic heterocycles. The third-order valence-electron chi connectivity index (χ3n) is 9.85. The molecular weight excluding hydrogens is 705 g/mol. The van der Waals surface area contributed by atoms with Crippen molar-refractivity contribution in [3.8, 4) is 0 Å². The van der Waals surface area contributed by atoms with Crippen molar-refractivity contribution >= 4 is 29.4 Å². The van der Waals surface area contributed by atoms with E-state index in [9.17, 15) is 19.5 Å². The molecule has 54 heavy (non-hydrogen) atoms. The summed E-state index contributed by atoms with van der Waals surface area (Å²) in [6.07, 6.45) is 9.18. The molecule has 4 atom stereocenters. The molecule has 2 heterocycles. The van der Waals surface area contributed by atoms with Gasteiger partial charge in [0.1, 0.15) is 6.04 Å². The topological polar surface area (TPSA) is 159 Å². The number of carbonyl (C=O) groups excluding carboxylic acids is 3. The lowest BCUT2D eigenvalue weighted by molar-refractivity contribution is -0.124. The molecule has 0 spiro atoms. The van der Waals surface area contributed by atoms with Gasteiger partial charge in [0.2, 0.25) is 5.91 Å². The highest BCUT2D eigenvalue weighted by atomic mass is 32.1. The number of nitrogens with zero attached hydrogens (tertiary/aromatic N) is 3. The van der Waals surface area contributed by atoms with Crippen LogP contribution in [0, 0.1) is 11.8 Å². The van der Waals surface area contributed by atoms with Crippen LogP contribution in [0.4, 0.5) is 9.59 Å². The van der Waals surface area contributed by atoms with E-state index in [-0.39, 0.29) is 30.9 Å². The van der Waals surface area contributed by atoms with Gasteiger partial charge in [0, 0.05) is 24.9 Å². The van der Waals surface area contributed by atoms with Gasteiger partial charge in [-0.15, -0.1) is 11.3 Å². The van der Waals surface area contributed by atoms with Crippen molar-refractivity contribution in [2.75, 3.05) is 7.05 Å². The summed E-state index contributed by atoms with van der Waals surface area (Å²) in [5.41, 5.74) is 2.71. The van der Waals surface area contributed by atoms with Crippen LogP contribution in [-0.2, 0) is 41.9 Å². The largest absolute Gasteiger partial charge is 0.445 e. The van der Waals surface area contributed by atoms with E-state index in [1.807, 2.05) is 79.9 Å². The van der Waals surface area contributed by atoms with Gasteiger partial charge in [0.05, 0.1) is 35.6 Å². The predicted octanol–water partition coefficient (Wildman–Crippen LogP) is 6.44. The molecule has 4 amide bonds. The zero-order chi connectivity index (χ0) is 38.3. The Hall–Kier alpha value is -4.75. The molecule has 1 fully saturated rings. The van der Waals surface area contributed by atoms with Gasteiger partial charge < -0.3 is 35.1 Å². The van der Waals surface area contributed by atoms with Crippen LogP contribution in [0.3, 0.4) is 0 Å². The van der Waals surface area contributed by atoms with E-state index in [0.717, 1.165) is 28.2 Å². The first-order valence-corrected chi connectivity index (χ1v) is 19.8. The number of hydrogen-bond donors (Lipinski definition) is 4. The van der Waals surface area contributed by atoms with Gasteiger partial charge in [0.15, 0.2) is 18.8 Å². The lowest BCUT2D eigenvalue weighted by atomic mass is 9.87. The molecule has 1 aliphatic rings. The molecule has 2 aromatic heterocycles. The van der Waals surface area contributed by atoms with E-state index in [4.69, 9.17) is 14.1 Å². The number of aromatic nitrogens is 2. The Balaban J connectivity index is 1.23. The Morgan fingerprint density at radius 2 is 1.65 bits per heavy atom. The van der Waals surface area contributed by atoms with Crippen molar-refractivity contribution in [2.24, 2.45) is 11.8 Å². The fourth-order valence-electron chi connectivity index (χ4n) is 6.88. The predicted molar refractivity (Wildman–Crippen MR) is 207 cm³/mol. The van der Waals surface area contributed by atoms with Crippen LogP contribution in [0.2, 0.25) is 0 Å². The molecule has 1 aliphatic carbocycles. The number of ether oxygens (including phenoxy) is 1. The molecule has 1 saturated carbocycles. The summed E-state index contributed by atoms with van der Waals surface area (Å²) in [6, 6.07) is 16.7. The number of urea groups is 1. The molecule has 0 bridgehead atoms. The minimum absolute atomic E-state index is 0.116. The molecule has 12 nitrogen and oxygen atoms in total. The number of alkyl carbamates (subject to hydrolysis) is 1. The van der Waals surface area contributed by atoms with Crippen LogP contribution < -0.4 is 16.0 Å². The summed E-state index contributed by atoms with van der Waals surface area (Å²) in [5.74, 6) is 0.491. The summed E-state index contributed by atoms with van der Waals surface area (Å²) < 4.78 is 10.5. The molecule has 2 aromatic carbocycles. The van der Waals surface area contributed by atoms with E-state index >= 15 is 0 Å². The highest BCUT2D eigenvalue weighted by Gasteiger charge is 2.31. The van der Waals surface area contributed by atoms with Gasteiger partial charge in [-0.3, -0.25) is 4.79 Å². The molecule has 13 heteroatoms. The Bertz CT molecular complexity index is 1710. The summed E-state index contributed by atoms with van der Waals surface area (Å²) in [6.45, 7) is 3.98. The number of nitrogens with one attached hydrogen (secondary N) is 3. The quantitative estimate of drug-likeness (QED) is 0.0904. The Morgan fingerprint density at radius 3 is 2.30 bits per heavy atom. The molecule has 5 rings (SSSR count). The zero-order valence-corrected chi connectivity index (χ0v) is 32.3. The third-order valence-corrected chi connectivity index (χ3v) is 10.8. The SMILES string of the molecule is CC(C)[C@H](NC(=O)N(C)Cc1csc(CC2CCCCC2)n1)C(=O)N[C@@H](Cc1ccccc1)C[C@H](O)[C@H](Cc1ccccc1)NC(=O)OCc1cnco1. The van der Waals surface area contributed by atoms with Crippen LogP contribution in [-0.4, -0.2) is 69.3 Å². The fraction of sp³-hybridized carbons (Fsp3) is 0.488. The Kier molecular flexibility index (Phi) is 15.5. The normalized spacial score (nSPS) is 15.5. The van der Waals surface area contributed by atoms with Crippen LogP contribution in [0.1, 0.15) is 80.0 Å². The van der Waals surface area contributed by atoms with Gasteiger partial charge in [-0.25, -0.2) is 19.6 Å². The first-order valence-electron chi connectivity index (χ1n) is 18.9. The van der Waals surface area contributed by atoms with E-state index in [2.05, 4.69) is 20.9 Å². The highest BCUT2D eigenvalue weighted by Crippen LogP contribution is 2.28. The van der Waals surface area contributed by atoms with Crippen LogP contribution in [0.15, 0.2) is 83.1 Å². The van der Waals surface area contributed by atoms with Crippen LogP contribution in [0.25, 0.3) is 0 Å². The van der Waals surface area contributed by atoms with Gasteiger partial charge in [-0.2, -0.15) is 0 Å². The minimum Gasteiger partial charge on any atom is -0.445 e. The molecule has 290 valence electrons. The smallest absolute Gasteiger partial charge is 0.407 e. The van der Waals surface area contributed by atoms with Crippen molar-refractivity contribution in [3.05, 3.63) is 106 Å². The summed E-state index contributed by atoms with van der Waals surface area (Å²) in [7, 11) is 1.70. The number of rotatable bonds is 18. The second-order valence-corrected chi connectivity index (χ2v) is 15.6. The van der Waals surface area contributed by atoms with E-state index in [0.29, 0.717) is 31.1 Å². The van der Waals surface area contributed by atoms with Crippen molar-refractivity contribution in [1.29, 1.82) is 0 Å². The number of thiazole rings is 1. The Labute approximate surface area is 322 Å². The van der Waals surface area contributed by atoms with Gasteiger partial charge in [-0.1, -0.05) is 107 Å². The molecule has 4 N–H and O–H groups in total. The van der Waals surface area contributed by atoms with Crippen molar-refractivity contribution in [1.82, 2.24) is 30.8 Å². The lowest BCUT2D eigenvalue weighted by Gasteiger charge is -2.30. The van der Waals surface area contributed by atoms with Gasteiger partial charge in [0.25, 0.3) is 0 Å². The summed E-state index contributed by atoms with van der Waals surface area (Å²) >= 11 is 1.65. The monoisotopic (exact) mass is 758 g/mol. The second kappa shape index (κ2) is 20.6. The van der Waals surface area contributed by atoms with Crippen molar-refractivity contribution in [2.45, 2.75) is 109 Å². The number of carbonyl (C=O) groups is 3. The number of aliphatic hydroxyl groups excluding tert-OH is 1. The molecule has 0 unspecified atom stereocenters. The highest BCUT2D eigenvalue weighted by molar-refractivity contribution is 7.09. The van der Waals surface area contributed by atoms with Gasteiger partial charge >= 0.3 is 12.1 Å². The van der Waals surface area contributed by atoms with E-state index < -0.39 is 30.3 Å². The fourth-order valence-corrected chi connectivity index (χ4v) is 7.78. The zero-order valence-electron chi connectivity index (χ0n) is 31.5. The van der Waals surface area contributed by atoms with Crippen LogP contribution >= 0.6 is 11.3 Å². The number of amides is 4. The minimum atomic E-state index is -1.07. The molecule has 0 radical (unpaired) electrons. The first-order chi connectivity index (χ1) is 26.1. The van der Waals surface area contributed by atoms with Crippen molar-refractivity contribution in [3.63, 3.8) is 0 Å². The first kappa shape index (κ1) is 40.4. The molecule has 4 aromatic rings. The second-order valence-electron chi connectivity index (χ2n) is 14.7. The third kappa shape index (κ3) is 13.0. The maximum absolute atomic E-state index is 14.0. The Morgan fingerprint density at radius 1 is 0.963 bits per heavy atom. The number of benzene rings is 2.